The third kappa shape index (κ3) is 4.19. The lowest BCUT2D eigenvalue weighted by molar-refractivity contribution is -0.122. The van der Waals surface area contributed by atoms with Gasteiger partial charge in [0.2, 0.25) is 5.91 Å². The highest BCUT2D eigenvalue weighted by molar-refractivity contribution is 5.94. The largest absolute Gasteiger partial charge is 0.358 e. The van der Waals surface area contributed by atoms with Crippen LogP contribution in [0.2, 0.25) is 0 Å². The van der Waals surface area contributed by atoms with Gasteiger partial charge in [0.05, 0.1) is 6.10 Å². The topological polar surface area (TPSA) is 29.5 Å². The molecular weight excluding hydrogens is 214 g/mol. The van der Waals surface area contributed by atoms with Crippen molar-refractivity contribution >= 4 is 11.6 Å². The predicted octanol–water partition coefficient (Wildman–Crippen LogP) is 3.06. The molecule has 0 radical (unpaired) electrons. The first-order chi connectivity index (χ1) is 8.02. The molecule has 17 heavy (non-hydrogen) atoms. The Morgan fingerprint density at radius 3 is 2.24 bits per heavy atom. The molecule has 0 fully saturated rings. The van der Waals surface area contributed by atoms with Gasteiger partial charge in [0.25, 0.3) is 0 Å². The van der Waals surface area contributed by atoms with E-state index < -0.39 is 0 Å². The van der Waals surface area contributed by atoms with Crippen molar-refractivity contribution in [1.82, 2.24) is 0 Å². The van der Waals surface area contributed by atoms with Gasteiger partial charge in [-0.15, -0.1) is 0 Å². The van der Waals surface area contributed by atoms with Gasteiger partial charge >= 0.3 is 0 Å². The maximum Gasteiger partial charge on any atom is 0.231 e. The molecule has 0 atom stereocenters. The third-order valence-corrected chi connectivity index (χ3v) is 2.36. The first-order valence-corrected chi connectivity index (χ1v) is 6.00. The Balaban J connectivity index is 2.83. The normalized spacial score (nSPS) is 10.9. The minimum atomic E-state index is -0.0361. The lowest BCUT2D eigenvalue weighted by Gasteiger charge is -2.25. The van der Waals surface area contributed by atoms with Gasteiger partial charge in [-0.3, -0.25) is 9.69 Å². The van der Waals surface area contributed by atoms with E-state index in [9.17, 15) is 4.79 Å². The molecule has 0 N–H and O–H groups in total. The summed E-state index contributed by atoms with van der Waals surface area (Å²) >= 11 is 0. The summed E-state index contributed by atoms with van der Waals surface area (Å²) in [5.74, 6) is 0.0443. The van der Waals surface area contributed by atoms with Crippen molar-refractivity contribution in [2.24, 2.45) is 5.92 Å². The molecular formula is C14H21NO2. The highest BCUT2D eigenvalue weighted by Crippen LogP contribution is 2.16. The molecule has 1 amide bonds. The molecule has 0 aliphatic rings. The second-order valence-corrected chi connectivity index (χ2v) is 4.60. The van der Waals surface area contributed by atoms with Crippen molar-refractivity contribution < 1.29 is 9.53 Å². The van der Waals surface area contributed by atoms with Crippen molar-refractivity contribution in [1.29, 1.82) is 0 Å². The summed E-state index contributed by atoms with van der Waals surface area (Å²) < 4.78 is 5.53. The average Bonchev–Trinajstić information content (AvgIpc) is 2.30. The number of nitrogens with zero attached hydrogens (tertiary/aromatic N) is 1. The van der Waals surface area contributed by atoms with Crippen LogP contribution in [0.15, 0.2) is 30.3 Å². The van der Waals surface area contributed by atoms with Crippen molar-refractivity contribution in [2.45, 2.75) is 33.8 Å². The van der Waals surface area contributed by atoms with Gasteiger partial charge in [0, 0.05) is 11.6 Å². The maximum absolute atomic E-state index is 12.1. The summed E-state index contributed by atoms with van der Waals surface area (Å²) in [6, 6.07) is 9.62. The number of benzene rings is 1. The summed E-state index contributed by atoms with van der Waals surface area (Å²) in [5.41, 5.74) is 0.881. The minimum absolute atomic E-state index is 0.0361. The second-order valence-electron chi connectivity index (χ2n) is 4.60. The fourth-order valence-electron chi connectivity index (χ4n) is 1.41. The molecule has 0 spiro atoms. The maximum atomic E-state index is 12.1. The van der Waals surface area contributed by atoms with Gasteiger partial charge < -0.3 is 4.74 Å². The molecule has 0 aromatic heterocycles. The van der Waals surface area contributed by atoms with Crippen LogP contribution in [0.3, 0.4) is 0 Å². The highest BCUT2D eigenvalue weighted by Gasteiger charge is 2.18. The number of para-hydroxylation sites is 1. The van der Waals surface area contributed by atoms with E-state index in [1.165, 1.54) is 0 Å². The number of rotatable bonds is 5. The van der Waals surface area contributed by atoms with Crippen molar-refractivity contribution in [2.75, 3.05) is 11.6 Å². The van der Waals surface area contributed by atoms with E-state index in [2.05, 4.69) is 0 Å². The SMILES string of the molecule is CC(C)OCN(C(=O)C(C)C)c1ccccc1. The average molecular weight is 235 g/mol. The molecule has 0 aliphatic carbocycles. The van der Waals surface area contributed by atoms with Crippen LogP contribution in [0.5, 0.6) is 0 Å². The van der Waals surface area contributed by atoms with E-state index in [1.54, 1.807) is 4.90 Å². The van der Waals surface area contributed by atoms with E-state index in [-0.39, 0.29) is 17.9 Å². The van der Waals surface area contributed by atoms with Crippen LogP contribution >= 0.6 is 0 Å². The molecule has 0 bridgehead atoms. The summed E-state index contributed by atoms with van der Waals surface area (Å²) in [6.07, 6.45) is 0.112. The molecule has 0 unspecified atom stereocenters. The molecule has 1 aromatic carbocycles. The third-order valence-electron chi connectivity index (χ3n) is 2.36. The Kier molecular flexibility index (Phi) is 5.16. The van der Waals surface area contributed by atoms with Gasteiger partial charge in [-0.2, -0.15) is 0 Å². The van der Waals surface area contributed by atoms with Crippen LogP contribution in [0.4, 0.5) is 5.69 Å². The standard InChI is InChI=1S/C14H21NO2/c1-11(2)14(16)15(10-17-12(3)4)13-8-6-5-7-9-13/h5-9,11-12H,10H2,1-4H3. The summed E-state index contributed by atoms with van der Waals surface area (Å²) in [7, 11) is 0. The Labute approximate surface area is 103 Å². The Morgan fingerprint density at radius 2 is 1.76 bits per heavy atom. The van der Waals surface area contributed by atoms with Crippen molar-refractivity contribution in [3.8, 4) is 0 Å². The lowest BCUT2D eigenvalue weighted by Crippen LogP contribution is -2.37. The van der Waals surface area contributed by atoms with Gasteiger partial charge in [0.15, 0.2) is 0 Å². The highest BCUT2D eigenvalue weighted by atomic mass is 16.5. The number of hydrogen-bond acceptors (Lipinski definition) is 2. The molecule has 94 valence electrons. The summed E-state index contributed by atoms with van der Waals surface area (Å²) in [5, 5.41) is 0. The van der Waals surface area contributed by atoms with Gasteiger partial charge in [-0.05, 0) is 26.0 Å². The molecule has 1 aromatic rings. The van der Waals surface area contributed by atoms with E-state index in [1.807, 2.05) is 58.0 Å². The Morgan fingerprint density at radius 1 is 1.18 bits per heavy atom. The molecule has 1 rings (SSSR count). The monoisotopic (exact) mass is 235 g/mol. The zero-order valence-electron chi connectivity index (χ0n) is 11.0. The van der Waals surface area contributed by atoms with Gasteiger partial charge in [-0.1, -0.05) is 32.0 Å². The lowest BCUT2D eigenvalue weighted by atomic mass is 10.2. The fraction of sp³-hybridized carbons (Fsp3) is 0.500. The zero-order chi connectivity index (χ0) is 12.8. The fourth-order valence-corrected chi connectivity index (χ4v) is 1.41. The second kappa shape index (κ2) is 6.40. The van der Waals surface area contributed by atoms with Crippen molar-refractivity contribution in [3.63, 3.8) is 0 Å². The smallest absolute Gasteiger partial charge is 0.231 e. The van der Waals surface area contributed by atoms with Crippen LogP contribution in [0, 0.1) is 5.92 Å². The van der Waals surface area contributed by atoms with Crippen LogP contribution in [0.25, 0.3) is 0 Å². The van der Waals surface area contributed by atoms with Crippen LogP contribution < -0.4 is 4.90 Å². The summed E-state index contributed by atoms with van der Waals surface area (Å²) in [6.45, 7) is 8.02. The van der Waals surface area contributed by atoms with E-state index in [4.69, 9.17) is 4.74 Å². The number of carbonyl (C=O) groups excluding carboxylic acids is 1. The zero-order valence-corrected chi connectivity index (χ0v) is 11.0. The minimum Gasteiger partial charge on any atom is -0.358 e. The first kappa shape index (κ1) is 13.7. The van der Waals surface area contributed by atoms with Crippen LogP contribution in [0.1, 0.15) is 27.7 Å². The number of carbonyl (C=O) groups is 1. The molecule has 3 heteroatoms. The molecule has 0 aliphatic heterocycles. The molecule has 0 heterocycles. The number of hydrogen-bond donors (Lipinski definition) is 0. The van der Waals surface area contributed by atoms with Crippen LogP contribution in [-0.4, -0.2) is 18.7 Å². The number of ether oxygens (including phenoxy) is 1. The predicted molar refractivity (Wildman–Crippen MR) is 69.9 cm³/mol. The molecule has 0 saturated heterocycles. The number of anilines is 1. The molecule has 0 saturated carbocycles. The first-order valence-electron chi connectivity index (χ1n) is 6.00. The number of amides is 1. The summed E-state index contributed by atoms with van der Waals surface area (Å²) in [4.78, 5) is 13.8. The Hall–Kier alpha value is -1.35. The van der Waals surface area contributed by atoms with E-state index in [0.717, 1.165) is 5.69 Å². The Bertz CT molecular complexity index is 346. The quantitative estimate of drug-likeness (QED) is 0.734. The molecule has 3 nitrogen and oxygen atoms in total. The van der Waals surface area contributed by atoms with Gasteiger partial charge in [0.1, 0.15) is 6.73 Å². The van der Waals surface area contributed by atoms with E-state index >= 15 is 0 Å². The van der Waals surface area contributed by atoms with Crippen molar-refractivity contribution in [3.05, 3.63) is 30.3 Å². The van der Waals surface area contributed by atoms with Gasteiger partial charge in [-0.25, -0.2) is 0 Å². The van der Waals surface area contributed by atoms with E-state index in [0.29, 0.717) is 6.73 Å². The van der Waals surface area contributed by atoms with Crippen LogP contribution in [-0.2, 0) is 9.53 Å².